The molecule has 0 fully saturated rings. The molecule has 1 amide bonds. The summed E-state index contributed by atoms with van der Waals surface area (Å²) in [5.41, 5.74) is 3.45. The van der Waals surface area contributed by atoms with Gasteiger partial charge in [-0.25, -0.2) is 4.98 Å². The van der Waals surface area contributed by atoms with E-state index in [0.29, 0.717) is 11.4 Å². The van der Waals surface area contributed by atoms with Crippen LogP contribution in [0.1, 0.15) is 11.1 Å². The van der Waals surface area contributed by atoms with Crippen molar-refractivity contribution in [3.63, 3.8) is 0 Å². The predicted molar refractivity (Wildman–Crippen MR) is 112 cm³/mol. The number of hydrogen-bond acceptors (Lipinski definition) is 5. The van der Waals surface area contributed by atoms with Gasteiger partial charge in [0, 0.05) is 23.8 Å². The number of amides is 1. The lowest BCUT2D eigenvalue weighted by atomic mass is 10.1. The third-order valence-electron chi connectivity index (χ3n) is 4.29. The van der Waals surface area contributed by atoms with Crippen molar-refractivity contribution in [1.29, 1.82) is 0 Å². The average Bonchev–Trinajstić information content (AvgIpc) is 2.70. The van der Waals surface area contributed by atoms with Gasteiger partial charge in [0.05, 0.1) is 12.9 Å². The van der Waals surface area contributed by atoms with Crippen molar-refractivity contribution in [3.05, 3.63) is 76.3 Å². The van der Waals surface area contributed by atoms with Gasteiger partial charge in [0.1, 0.15) is 5.75 Å². The summed E-state index contributed by atoms with van der Waals surface area (Å²) in [6, 6.07) is 12.9. The fraction of sp³-hybridized carbons (Fsp3) is 0.190. The molecule has 0 saturated heterocycles. The predicted octanol–water partition coefficient (Wildman–Crippen LogP) is 3.59. The highest BCUT2D eigenvalue weighted by Crippen LogP contribution is 2.17. The minimum atomic E-state index is -0.267. The fourth-order valence-electron chi connectivity index (χ4n) is 2.59. The first-order chi connectivity index (χ1) is 13.5. The molecule has 144 valence electrons. The van der Waals surface area contributed by atoms with Crippen molar-refractivity contribution in [2.24, 2.45) is 0 Å². The Morgan fingerprint density at radius 3 is 2.57 bits per heavy atom. The molecule has 1 aromatic heterocycles. The number of benzene rings is 2. The zero-order valence-corrected chi connectivity index (χ0v) is 16.7. The van der Waals surface area contributed by atoms with Gasteiger partial charge >= 0.3 is 0 Å². The number of aryl methyl sites for hydroxylation is 2. The second-order valence-electron chi connectivity index (χ2n) is 6.24. The molecule has 0 unspecified atom stereocenters. The largest absolute Gasteiger partial charge is 0.497 e. The maximum absolute atomic E-state index is 12.7. The molecule has 1 heterocycles. The van der Waals surface area contributed by atoms with Crippen molar-refractivity contribution in [1.82, 2.24) is 9.55 Å². The average molecular weight is 395 g/mol. The Bertz CT molecular complexity index is 1050. The van der Waals surface area contributed by atoms with E-state index in [1.165, 1.54) is 10.1 Å². The number of anilines is 1. The minimum absolute atomic E-state index is 0.0990. The van der Waals surface area contributed by atoms with E-state index in [4.69, 9.17) is 4.74 Å². The number of hydrogen-bond donors (Lipinski definition) is 1. The molecule has 7 heteroatoms. The first-order valence-electron chi connectivity index (χ1n) is 8.70. The summed E-state index contributed by atoms with van der Waals surface area (Å²) >= 11 is 1.12. The van der Waals surface area contributed by atoms with Crippen LogP contribution in [0.5, 0.6) is 5.75 Å². The highest BCUT2D eigenvalue weighted by atomic mass is 32.2. The van der Waals surface area contributed by atoms with E-state index in [1.54, 1.807) is 43.8 Å². The van der Waals surface area contributed by atoms with Gasteiger partial charge < -0.3 is 10.1 Å². The van der Waals surface area contributed by atoms with Gasteiger partial charge in [-0.05, 0) is 61.4 Å². The molecule has 0 radical (unpaired) electrons. The summed E-state index contributed by atoms with van der Waals surface area (Å²) in [7, 11) is 1.59. The number of carbonyl (C=O) groups excluding carboxylic acids is 1. The minimum Gasteiger partial charge on any atom is -0.497 e. The van der Waals surface area contributed by atoms with E-state index in [9.17, 15) is 9.59 Å². The Hall–Kier alpha value is -3.06. The molecule has 6 nitrogen and oxygen atoms in total. The zero-order chi connectivity index (χ0) is 20.1. The van der Waals surface area contributed by atoms with Gasteiger partial charge in [-0.3, -0.25) is 14.2 Å². The number of aromatic nitrogens is 2. The molecule has 0 bridgehead atoms. The SMILES string of the molecule is COc1ccc(-n2ccnc(SCC(=O)Nc3ccc(C)c(C)c3)c2=O)cc1. The summed E-state index contributed by atoms with van der Waals surface area (Å²) in [6.07, 6.45) is 3.15. The van der Waals surface area contributed by atoms with Crippen LogP contribution in [-0.2, 0) is 4.79 Å². The van der Waals surface area contributed by atoms with E-state index in [-0.39, 0.29) is 22.2 Å². The lowest BCUT2D eigenvalue weighted by Gasteiger charge is -2.09. The fourth-order valence-corrected chi connectivity index (χ4v) is 3.29. The maximum Gasteiger partial charge on any atom is 0.287 e. The van der Waals surface area contributed by atoms with E-state index in [0.717, 1.165) is 23.0 Å². The van der Waals surface area contributed by atoms with Crippen LogP contribution in [0.2, 0.25) is 0 Å². The Labute approximate surface area is 167 Å². The number of carbonyl (C=O) groups is 1. The summed E-state index contributed by atoms with van der Waals surface area (Å²) in [4.78, 5) is 29.1. The highest BCUT2D eigenvalue weighted by Gasteiger charge is 2.11. The molecule has 0 atom stereocenters. The second-order valence-corrected chi connectivity index (χ2v) is 7.21. The molecule has 0 spiro atoms. The molecule has 0 aliphatic carbocycles. The van der Waals surface area contributed by atoms with Crippen molar-refractivity contribution in [2.75, 3.05) is 18.2 Å². The third kappa shape index (κ3) is 4.61. The standard InChI is InChI=1S/C21H21N3O3S/c1-14-4-5-16(12-15(14)2)23-19(25)13-28-20-21(26)24(11-10-22-20)17-6-8-18(27-3)9-7-17/h4-12H,13H2,1-3H3,(H,23,25). The van der Waals surface area contributed by atoms with Crippen molar-refractivity contribution in [3.8, 4) is 11.4 Å². The van der Waals surface area contributed by atoms with Gasteiger partial charge in [-0.1, -0.05) is 17.8 Å². The van der Waals surface area contributed by atoms with Crippen LogP contribution in [0.15, 0.2) is 64.7 Å². The van der Waals surface area contributed by atoms with Gasteiger partial charge in [-0.15, -0.1) is 0 Å². The zero-order valence-electron chi connectivity index (χ0n) is 15.9. The van der Waals surface area contributed by atoms with Gasteiger partial charge in [0.2, 0.25) is 5.91 Å². The van der Waals surface area contributed by atoms with Crippen molar-refractivity contribution < 1.29 is 9.53 Å². The van der Waals surface area contributed by atoms with Crippen LogP contribution in [0, 0.1) is 13.8 Å². The first-order valence-corrected chi connectivity index (χ1v) is 9.68. The number of thioether (sulfide) groups is 1. The Balaban J connectivity index is 1.69. The lowest BCUT2D eigenvalue weighted by molar-refractivity contribution is -0.113. The van der Waals surface area contributed by atoms with Crippen LogP contribution in [0.3, 0.4) is 0 Å². The summed E-state index contributed by atoms with van der Waals surface area (Å²) in [5, 5.41) is 3.12. The van der Waals surface area contributed by atoms with Crippen LogP contribution in [0.4, 0.5) is 5.69 Å². The van der Waals surface area contributed by atoms with E-state index >= 15 is 0 Å². The number of rotatable bonds is 6. The summed E-state index contributed by atoms with van der Waals surface area (Å²) in [5.74, 6) is 0.625. The van der Waals surface area contributed by atoms with Crippen molar-refractivity contribution in [2.45, 2.75) is 18.9 Å². The lowest BCUT2D eigenvalue weighted by Crippen LogP contribution is -2.22. The topological polar surface area (TPSA) is 73.2 Å². The number of nitrogens with zero attached hydrogens (tertiary/aromatic N) is 2. The van der Waals surface area contributed by atoms with E-state index < -0.39 is 0 Å². The molecular formula is C21H21N3O3S. The van der Waals surface area contributed by atoms with E-state index in [2.05, 4.69) is 10.3 Å². The number of ether oxygens (including phenoxy) is 1. The first kappa shape index (κ1) is 19.7. The monoisotopic (exact) mass is 395 g/mol. The summed E-state index contributed by atoms with van der Waals surface area (Å²) < 4.78 is 6.63. The number of methoxy groups -OCH3 is 1. The molecule has 28 heavy (non-hydrogen) atoms. The van der Waals surface area contributed by atoms with Crippen LogP contribution in [0.25, 0.3) is 5.69 Å². The highest BCUT2D eigenvalue weighted by molar-refractivity contribution is 7.99. The third-order valence-corrected chi connectivity index (χ3v) is 5.25. The summed E-state index contributed by atoms with van der Waals surface area (Å²) in [6.45, 7) is 4.01. The van der Waals surface area contributed by atoms with Crippen LogP contribution < -0.4 is 15.6 Å². The van der Waals surface area contributed by atoms with Crippen LogP contribution in [-0.4, -0.2) is 28.3 Å². The molecule has 0 aliphatic heterocycles. The van der Waals surface area contributed by atoms with Crippen LogP contribution >= 0.6 is 11.8 Å². The van der Waals surface area contributed by atoms with E-state index in [1.807, 2.05) is 32.0 Å². The quantitative estimate of drug-likeness (QED) is 0.646. The molecule has 3 aromatic rings. The molecule has 2 aromatic carbocycles. The van der Waals surface area contributed by atoms with Gasteiger partial charge in [-0.2, -0.15) is 0 Å². The Morgan fingerprint density at radius 2 is 1.89 bits per heavy atom. The second kappa shape index (κ2) is 8.75. The van der Waals surface area contributed by atoms with Gasteiger partial charge in [0.25, 0.3) is 5.56 Å². The van der Waals surface area contributed by atoms with Crippen molar-refractivity contribution >= 4 is 23.4 Å². The smallest absolute Gasteiger partial charge is 0.287 e. The van der Waals surface area contributed by atoms with Gasteiger partial charge in [0.15, 0.2) is 5.03 Å². The Kier molecular flexibility index (Phi) is 6.16. The molecule has 0 aliphatic rings. The Morgan fingerprint density at radius 1 is 1.14 bits per heavy atom. The molecular weight excluding hydrogens is 374 g/mol. The molecule has 3 rings (SSSR count). The molecule has 0 saturated carbocycles. The number of nitrogens with one attached hydrogen (secondary N) is 1. The normalized spacial score (nSPS) is 10.5. The molecule has 1 N–H and O–H groups in total. The maximum atomic E-state index is 12.7.